The first-order chi connectivity index (χ1) is 11.3. The molecule has 2 rings (SSSR count). The van der Waals surface area contributed by atoms with Gasteiger partial charge in [0.05, 0.1) is 0 Å². The maximum atomic E-state index is 13.2. The van der Waals surface area contributed by atoms with Crippen LogP contribution >= 0.6 is 0 Å². The van der Waals surface area contributed by atoms with Gasteiger partial charge in [-0.15, -0.1) is 0 Å². The van der Waals surface area contributed by atoms with Gasteiger partial charge < -0.3 is 0 Å². The molecule has 128 valence electrons. The number of carbonyl (C=O) groups excluding carboxylic acids is 1. The molecule has 0 heterocycles. The number of ether oxygens (including phenoxy) is 1. The molecule has 6 heteroatoms. The maximum absolute atomic E-state index is 13.2. The van der Waals surface area contributed by atoms with Crippen molar-refractivity contribution in [3.63, 3.8) is 0 Å². The first-order valence-electron chi connectivity index (χ1n) is 7.54. The fourth-order valence-electron chi connectivity index (χ4n) is 2.12. The van der Waals surface area contributed by atoms with E-state index in [4.69, 9.17) is 4.74 Å². The van der Waals surface area contributed by atoms with Crippen LogP contribution in [0.4, 0.5) is 0 Å². The molecule has 0 aliphatic heterocycles. The van der Waals surface area contributed by atoms with Gasteiger partial charge in [-0.05, 0) is 0 Å². The minimum absolute atomic E-state index is 0.140. The van der Waals surface area contributed by atoms with E-state index in [-0.39, 0.29) is 11.5 Å². The Kier molecular flexibility index (Phi) is 5.86. The quantitative estimate of drug-likeness (QED) is 0.540. The zero-order chi connectivity index (χ0) is 17.8. The molecule has 0 spiro atoms. The van der Waals surface area contributed by atoms with E-state index in [2.05, 4.69) is 0 Å². The molecule has 0 bridgehead atoms. The third-order valence-corrected chi connectivity index (χ3v) is 9.68. The van der Waals surface area contributed by atoms with Crippen LogP contribution in [0.5, 0.6) is 0 Å². The van der Waals surface area contributed by atoms with Crippen molar-refractivity contribution in [1.29, 1.82) is 0 Å². The van der Waals surface area contributed by atoms with Crippen LogP contribution in [0.3, 0.4) is 0 Å². The Morgan fingerprint density at radius 3 is 2.21 bits per heavy atom. The van der Waals surface area contributed by atoms with Crippen molar-refractivity contribution in [3.8, 4) is 0 Å². The topological polar surface area (TPSA) is 60.4 Å². The van der Waals surface area contributed by atoms with E-state index in [1.54, 1.807) is 31.2 Å². The molecular formula is C18H20O4SSe. The summed E-state index contributed by atoms with van der Waals surface area (Å²) in [4.78, 5) is 12.7. The van der Waals surface area contributed by atoms with Gasteiger partial charge in [-0.3, -0.25) is 0 Å². The summed E-state index contributed by atoms with van der Waals surface area (Å²) < 4.78 is 30.7. The molecule has 0 saturated heterocycles. The summed E-state index contributed by atoms with van der Waals surface area (Å²) in [5.41, 5.74) is 0.959. The molecule has 0 amide bonds. The molecular weight excluding hydrogens is 391 g/mol. The Balaban J connectivity index is 2.52. The Morgan fingerprint density at radius 2 is 1.67 bits per heavy atom. The van der Waals surface area contributed by atoms with Gasteiger partial charge in [0.25, 0.3) is 0 Å². The number of hydrogen-bond acceptors (Lipinski definition) is 4. The van der Waals surface area contributed by atoms with Crippen molar-refractivity contribution in [3.05, 3.63) is 60.2 Å². The Morgan fingerprint density at radius 1 is 1.08 bits per heavy atom. The van der Waals surface area contributed by atoms with Crippen molar-refractivity contribution in [2.24, 2.45) is 0 Å². The van der Waals surface area contributed by atoms with Crippen LogP contribution in [0, 0.1) is 6.92 Å². The molecule has 1 unspecified atom stereocenters. The van der Waals surface area contributed by atoms with E-state index in [0.29, 0.717) is 0 Å². The number of sulfone groups is 1. The van der Waals surface area contributed by atoms with Crippen molar-refractivity contribution in [2.75, 3.05) is 6.61 Å². The summed E-state index contributed by atoms with van der Waals surface area (Å²) in [6, 6.07) is 15.7. The monoisotopic (exact) mass is 412 g/mol. The molecule has 0 N–H and O–H groups in total. The first-order valence-corrected chi connectivity index (χ1v) is 10.7. The Bertz CT molecular complexity index is 801. The number of hydrogen-bond donors (Lipinski definition) is 0. The summed E-state index contributed by atoms with van der Waals surface area (Å²) in [5, 5.41) is 0. The van der Waals surface area contributed by atoms with Gasteiger partial charge in [0.15, 0.2) is 0 Å². The van der Waals surface area contributed by atoms with E-state index in [1.165, 1.54) is 6.92 Å². The third kappa shape index (κ3) is 3.72. The number of esters is 1. The van der Waals surface area contributed by atoms with Crippen LogP contribution in [-0.2, 0) is 19.4 Å². The van der Waals surface area contributed by atoms with E-state index in [9.17, 15) is 13.2 Å². The molecule has 4 nitrogen and oxygen atoms in total. The zero-order valence-electron chi connectivity index (χ0n) is 13.9. The fourth-order valence-corrected chi connectivity index (χ4v) is 7.11. The van der Waals surface area contributed by atoms with Crippen molar-refractivity contribution >= 4 is 35.2 Å². The molecule has 2 aromatic rings. The van der Waals surface area contributed by atoms with Crippen LogP contribution in [0.2, 0.25) is 0 Å². The summed E-state index contributed by atoms with van der Waals surface area (Å²) in [5.74, 6) is -0.700. The van der Waals surface area contributed by atoms with Crippen molar-refractivity contribution in [1.82, 2.24) is 0 Å². The van der Waals surface area contributed by atoms with E-state index >= 15 is 0 Å². The molecule has 2 aromatic carbocycles. The van der Waals surface area contributed by atoms with Crippen LogP contribution in [0.25, 0.3) is 0 Å². The summed E-state index contributed by atoms with van der Waals surface area (Å²) in [6.07, 6.45) is 0. The standard InChI is InChI=1S/C18H20O4SSe/c1-4-22-17(19)18(3,24-16-8-6-5-7-9-16)23(20,21)15-12-10-14(2)11-13-15/h5-13H,4H2,1-3H3. The predicted octanol–water partition coefficient (Wildman–Crippen LogP) is 2.08. The molecule has 1 atom stereocenters. The summed E-state index contributed by atoms with van der Waals surface area (Å²) in [7, 11) is -3.88. The number of benzene rings is 2. The number of aryl methyl sites for hydroxylation is 1. The average molecular weight is 411 g/mol. The molecule has 0 radical (unpaired) electrons. The Hall–Kier alpha value is -1.62. The second kappa shape index (κ2) is 7.51. The first kappa shape index (κ1) is 18.7. The SMILES string of the molecule is CCOC(=O)C(C)([Se]c1ccccc1)S(=O)(=O)c1ccc(C)cc1. The van der Waals surface area contributed by atoms with E-state index in [1.807, 2.05) is 37.3 Å². The second-order valence-electron chi connectivity index (χ2n) is 5.40. The molecule has 0 aliphatic rings. The van der Waals surface area contributed by atoms with Crippen molar-refractivity contribution < 1.29 is 17.9 Å². The Labute approximate surface area is 149 Å². The van der Waals surface area contributed by atoms with Gasteiger partial charge in [0.2, 0.25) is 0 Å². The molecule has 24 heavy (non-hydrogen) atoms. The predicted molar refractivity (Wildman–Crippen MR) is 95.2 cm³/mol. The molecule has 0 saturated carbocycles. The van der Waals surface area contributed by atoms with E-state index in [0.717, 1.165) is 10.0 Å². The zero-order valence-corrected chi connectivity index (χ0v) is 16.4. The van der Waals surface area contributed by atoms with Gasteiger partial charge in [-0.1, -0.05) is 0 Å². The number of rotatable bonds is 6. The average Bonchev–Trinajstić information content (AvgIpc) is 2.56. The fraction of sp³-hybridized carbons (Fsp3) is 0.278. The molecule has 0 fully saturated rings. The van der Waals surface area contributed by atoms with Crippen LogP contribution in [0.1, 0.15) is 19.4 Å². The van der Waals surface area contributed by atoms with Crippen LogP contribution in [0.15, 0.2) is 59.5 Å². The summed E-state index contributed by atoms with van der Waals surface area (Å²) >= 11 is -0.635. The van der Waals surface area contributed by atoms with Gasteiger partial charge in [-0.2, -0.15) is 0 Å². The summed E-state index contributed by atoms with van der Waals surface area (Å²) in [6.45, 7) is 5.16. The molecule has 0 aromatic heterocycles. The normalized spacial score (nSPS) is 14.0. The van der Waals surface area contributed by atoms with Gasteiger partial charge >= 0.3 is 149 Å². The van der Waals surface area contributed by atoms with Crippen molar-refractivity contribution in [2.45, 2.75) is 29.3 Å². The number of carbonyl (C=O) groups is 1. The van der Waals surface area contributed by atoms with Crippen LogP contribution in [-0.4, -0.2) is 39.6 Å². The van der Waals surface area contributed by atoms with Crippen LogP contribution < -0.4 is 4.46 Å². The van der Waals surface area contributed by atoms with Gasteiger partial charge in [0.1, 0.15) is 0 Å². The van der Waals surface area contributed by atoms with Gasteiger partial charge in [-0.25, -0.2) is 0 Å². The third-order valence-electron chi connectivity index (χ3n) is 3.55. The minimum atomic E-state index is -3.88. The molecule has 0 aliphatic carbocycles. The second-order valence-corrected chi connectivity index (χ2v) is 11.4. The van der Waals surface area contributed by atoms with E-state index < -0.39 is 34.4 Å². The van der Waals surface area contributed by atoms with Gasteiger partial charge in [0, 0.05) is 0 Å².